The van der Waals surface area contributed by atoms with Crippen molar-refractivity contribution in [1.82, 2.24) is 4.98 Å². The van der Waals surface area contributed by atoms with Crippen LogP contribution in [-0.2, 0) is 11.0 Å². The van der Waals surface area contributed by atoms with Crippen molar-refractivity contribution < 1.29 is 18.0 Å². The van der Waals surface area contributed by atoms with E-state index in [9.17, 15) is 18.0 Å². The Labute approximate surface area is 120 Å². The smallest absolute Gasteiger partial charge is 0.311 e. The van der Waals surface area contributed by atoms with Crippen LogP contribution in [-0.4, -0.2) is 22.4 Å². The molecular weight excluding hydrogens is 289 g/mol. The van der Waals surface area contributed by atoms with Gasteiger partial charge in [-0.1, -0.05) is 13.3 Å². The number of hydrogen-bond acceptors (Lipinski definition) is 3. The van der Waals surface area contributed by atoms with Crippen LogP contribution in [0.2, 0.25) is 0 Å². The van der Waals surface area contributed by atoms with Gasteiger partial charge in [0.2, 0.25) is 5.91 Å². The highest BCUT2D eigenvalue weighted by Gasteiger charge is 2.30. The van der Waals surface area contributed by atoms with Crippen molar-refractivity contribution in [3.05, 3.63) is 23.9 Å². The maximum absolute atomic E-state index is 12.5. The first-order valence-corrected chi connectivity index (χ1v) is 7.49. The summed E-state index contributed by atoms with van der Waals surface area (Å²) in [5.41, 5.74) is -0.819. The van der Waals surface area contributed by atoms with Crippen molar-refractivity contribution in [1.29, 1.82) is 0 Å². The number of carbonyl (C=O) groups is 1. The molecule has 0 radical (unpaired) electrons. The summed E-state index contributed by atoms with van der Waals surface area (Å²) in [7, 11) is 0. The lowest BCUT2D eigenvalue weighted by Crippen LogP contribution is -2.14. The molecule has 0 saturated heterocycles. The number of aromatic nitrogens is 1. The van der Waals surface area contributed by atoms with Gasteiger partial charge in [-0.2, -0.15) is 24.9 Å². The monoisotopic (exact) mass is 306 g/mol. The number of pyridine rings is 1. The average molecular weight is 306 g/mol. The Kier molecular flexibility index (Phi) is 6.84. The molecule has 7 heteroatoms. The third-order valence-electron chi connectivity index (χ3n) is 2.47. The third kappa shape index (κ3) is 6.27. The Balaban J connectivity index is 2.42. The van der Waals surface area contributed by atoms with Gasteiger partial charge in [-0.3, -0.25) is 4.79 Å². The van der Waals surface area contributed by atoms with E-state index in [0.717, 1.165) is 36.9 Å². The molecule has 0 aliphatic carbocycles. The number of nitrogens with zero attached hydrogens (tertiary/aromatic N) is 1. The van der Waals surface area contributed by atoms with Crippen molar-refractivity contribution in [2.45, 2.75) is 32.4 Å². The minimum atomic E-state index is -4.43. The van der Waals surface area contributed by atoms with Gasteiger partial charge in [0.1, 0.15) is 5.82 Å². The molecule has 1 aromatic heterocycles. The predicted molar refractivity (Wildman–Crippen MR) is 74.7 cm³/mol. The largest absolute Gasteiger partial charge is 0.416 e. The van der Waals surface area contributed by atoms with Crippen LogP contribution in [0.5, 0.6) is 0 Å². The molecule has 0 fully saturated rings. The highest BCUT2D eigenvalue weighted by atomic mass is 32.2. The molecule has 0 spiro atoms. The van der Waals surface area contributed by atoms with E-state index in [1.54, 1.807) is 11.8 Å². The third-order valence-corrected chi connectivity index (χ3v) is 3.54. The van der Waals surface area contributed by atoms with Crippen LogP contribution in [0.25, 0.3) is 0 Å². The van der Waals surface area contributed by atoms with Gasteiger partial charge in [-0.15, -0.1) is 0 Å². The maximum Gasteiger partial charge on any atom is 0.416 e. The molecule has 20 heavy (non-hydrogen) atoms. The molecule has 0 aliphatic rings. The van der Waals surface area contributed by atoms with E-state index in [0.29, 0.717) is 5.75 Å². The van der Waals surface area contributed by atoms with Crippen molar-refractivity contribution in [2.24, 2.45) is 0 Å². The topological polar surface area (TPSA) is 42.0 Å². The summed E-state index contributed by atoms with van der Waals surface area (Å²) in [6, 6.07) is 1.71. The Morgan fingerprint density at radius 2 is 2.15 bits per heavy atom. The molecule has 1 aromatic rings. The number of carbonyl (C=O) groups excluding carboxylic acids is 1. The second-order valence-corrected chi connectivity index (χ2v) is 5.42. The van der Waals surface area contributed by atoms with Gasteiger partial charge >= 0.3 is 6.18 Å². The first-order chi connectivity index (χ1) is 9.43. The van der Waals surface area contributed by atoms with Crippen LogP contribution in [0.4, 0.5) is 19.0 Å². The predicted octanol–water partition coefficient (Wildman–Crippen LogP) is 3.96. The number of rotatable bonds is 7. The zero-order valence-corrected chi connectivity index (χ0v) is 12.0. The SMILES string of the molecule is CCCCSCCC(=O)Nc1cc(C(F)(F)F)ccn1. The van der Waals surface area contributed by atoms with E-state index >= 15 is 0 Å². The van der Waals surface area contributed by atoms with Crippen molar-refractivity contribution in [3.8, 4) is 0 Å². The quantitative estimate of drug-likeness (QED) is 0.775. The Morgan fingerprint density at radius 1 is 1.40 bits per heavy atom. The minimum Gasteiger partial charge on any atom is -0.311 e. The average Bonchev–Trinajstić information content (AvgIpc) is 2.38. The van der Waals surface area contributed by atoms with E-state index in [1.807, 2.05) is 0 Å². The highest BCUT2D eigenvalue weighted by Crippen LogP contribution is 2.29. The van der Waals surface area contributed by atoms with Crippen LogP contribution < -0.4 is 5.32 Å². The summed E-state index contributed by atoms with van der Waals surface area (Å²) in [5.74, 6) is 1.26. The normalized spacial score (nSPS) is 11.4. The Morgan fingerprint density at radius 3 is 2.80 bits per heavy atom. The second-order valence-electron chi connectivity index (χ2n) is 4.19. The number of hydrogen-bond donors (Lipinski definition) is 1. The molecule has 0 unspecified atom stereocenters. The number of alkyl halides is 3. The first-order valence-electron chi connectivity index (χ1n) is 6.34. The van der Waals surface area contributed by atoms with Gasteiger partial charge < -0.3 is 5.32 Å². The van der Waals surface area contributed by atoms with Crippen LogP contribution in [0.1, 0.15) is 31.7 Å². The molecule has 1 heterocycles. The molecule has 3 nitrogen and oxygen atoms in total. The summed E-state index contributed by atoms with van der Waals surface area (Å²) in [5, 5.41) is 2.38. The second kappa shape index (κ2) is 8.14. The molecule has 0 bridgehead atoms. The lowest BCUT2D eigenvalue weighted by Gasteiger charge is -2.09. The van der Waals surface area contributed by atoms with Crippen molar-refractivity contribution in [3.63, 3.8) is 0 Å². The fourth-order valence-corrected chi connectivity index (χ4v) is 2.42. The van der Waals surface area contributed by atoms with Gasteiger partial charge in [0, 0.05) is 18.4 Å². The molecule has 0 atom stereocenters. The summed E-state index contributed by atoms with van der Waals surface area (Å²) in [4.78, 5) is 15.3. The van der Waals surface area contributed by atoms with Crippen LogP contribution in [0.3, 0.4) is 0 Å². The lowest BCUT2D eigenvalue weighted by atomic mass is 10.2. The first kappa shape index (κ1) is 16.8. The molecule has 0 saturated carbocycles. The van der Waals surface area contributed by atoms with Crippen LogP contribution in [0.15, 0.2) is 18.3 Å². The van der Waals surface area contributed by atoms with E-state index in [-0.39, 0.29) is 18.1 Å². The molecule has 1 amide bonds. The van der Waals surface area contributed by atoms with E-state index < -0.39 is 11.7 Å². The summed E-state index contributed by atoms with van der Waals surface area (Å²) in [6.45, 7) is 2.09. The molecule has 112 valence electrons. The van der Waals surface area contributed by atoms with E-state index in [4.69, 9.17) is 0 Å². The van der Waals surface area contributed by atoms with Gasteiger partial charge in [0.05, 0.1) is 5.56 Å². The van der Waals surface area contributed by atoms with Gasteiger partial charge in [0.25, 0.3) is 0 Å². The fraction of sp³-hybridized carbons (Fsp3) is 0.538. The van der Waals surface area contributed by atoms with Crippen molar-refractivity contribution >= 4 is 23.5 Å². The molecule has 0 aliphatic heterocycles. The Hall–Kier alpha value is -1.24. The minimum absolute atomic E-state index is 0.0663. The number of anilines is 1. The number of halogens is 3. The lowest BCUT2D eigenvalue weighted by molar-refractivity contribution is -0.137. The zero-order chi connectivity index (χ0) is 15.0. The summed E-state index contributed by atoms with van der Waals surface area (Å²) < 4.78 is 37.4. The molecule has 0 aromatic carbocycles. The number of nitrogens with one attached hydrogen (secondary N) is 1. The molecule has 1 rings (SSSR count). The molecule has 1 N–H and O–H groups in total. The van der Waals surface area contributed by atoms with Crippen LogP contribution >= 0.6 is 11.8 Å². The zero-order valence-electron chi connectivity index (χ0n) is 11.2. The Bertz CT molecular complexity index is 438. The van der Waals surface area contributed by atoms with E-state index in [2.05, 4.69) is 17.2 Å². The van der Waals surface area contributed by atoms with Gasteiger partial charge in [0.15, 0.2) is 0 Å². The van der Waals surface area contributed by atoms with Gasteiger partial charge in [-0.25, -0.2) is 4.98 Å². The maximum atomic E-state index is 12.5. The highest BCUT2D eigenvalue weighted by molar-refractivity contribution is 7.99. The van der Waals surface area contributed by atoms with Crippen LogP contribution in [0, 0.1) is 0 Å². The number of thioether (sulfide) groups is 1. The van der Waals surface area contributed by atoms with E-state index in [1.165, 1.54) is 0 Å². The van der Waals surface area contributed by atoms with Gasteiger partial charge in [-0.05, 0) is 24.3 Å². The summed E-state index contributed by atoms with van der Waals surface area (Å²) >= 11 is 1.66. The standard InChI is InChI=1S/C13H17F3N2OS/c1-2-3-7-20-8-5-12(19)18-11-9-10(4-6-17-11)13(14,15)16/h4,6,9H,2-3,5,7-8H2,1H3,(H,17,18,19). The number of amides is 1. The molecular formula is C13H17F3N2OS. The summed E-state index contributed by atoms with van der Waals surface area (Å²) in [6.07, 6.45) is -0.923. The number of unbranched alkanes of at least 4 members (excludes halogenated alkanes) is 1. The van der Waals surface area contributed by atoms with Crippen molar-refractivity contribution in [2.75, 3.05) is 16.8 Å². The fourth-order valence-electron chi connectivity index (χ4n) is 1.39.